The summed E-state index contributed by atoms with van der Waals surface area (Å²) in [7, 11) is 5.40. The fourth-order valence-electron chi connectivity index (χ4n) is 1.61. The Hall–Kier alpha value is -0.650. The summed E-state index contributed by atoms with van der Waals surface area (Å²) >= 11 is 0. The molecule has 17 heavy (non-hydrogen) atoms. The van der Waals surface area contributed by atoms with Crippen LogP contribution >= 0.6 is 0 Å². The largest absolute Gasteiger partial charge is 0.480 e. The number of likely N-dealkylation sites (N-methyl/N-ethyl adjacent to an activating group) is 2. The Labute approximate surface area is 104 Å². The monoisotopic (exact) mass is 246 g/mol. The van der Waals surface area contributed by atoms with Gasteiger partial charge in [-0.05, 0) is 47.3 Å². The quantitative estimate of drug-likeness (QED) is 0.630. The number of nitrogens with one attached hydrogen (secondary N) is 1. The molecule has 0 aromatic rings. The van der Waals surface area contributed by atoms with Crippen molar-refractivity contribution in [3.63, 3.8) is 0 Å². The Morgan fingerprint density at radius 2 is 2.18 bits per heavy atom. The summed E-state index contributed by atoms with van der Waals surface area (Å²) in [4.78, 5) is 13.3. The summed E-state index contributed by atoms with van der Waals surface area (Å²) in [6.07, 6.45) is 1.46. The molecule has 0 saturated carbocycles. The van der Waals surface area contributed by atoms with E-state index >= 15 is 0 Å². The first kappa shape index (κ1) is 16.4. The Bertz CT molecular complexity index is 236. The first-order chi connectivity index (χ1) is 7.87. The molecule has 0 fully saturated rings. The van der Waals surface area contributed by atoms with Gasteiger partial charge in [-0.25, -0.2) is 0 Å². The van der Waals surface area contributed by atoms with Gasteiger partial charge in [0.15, 0.2) is 0 Å². The highest BCUT2D eigenvalue weighted by Gasteiger charge is 2.30. The highest BCUT2D eigenvalue weighted by molar-refractivity contribution is 5.78. The van der Waals surface area contributed by atoms with Crippen LogP contribution in [0.1, 0.15) is 26.7 Å². The summed E-state index contributed by atoms with van der Waals surface area (Å²) in [6, 6.07) is 0.352. The Morgan fingerprint density at radius 3 is 2.59 bits per heavy atom. The maximum Gasteiger partial charge on any atom is 0.323 e. The van der Waals surface area contributed by atoms with Gasteiger partial charge in [0.25, 0.3) is 0 Å². The van der Waals surface area contributed by atoms with Crippen molar-refractivity contribution in [1.29, 1.82) is 0 Å². The minimum atomic E-state index is -0.828. The zero-order valence-corrected chi connectivity index (χ0v) is 11.6. The van der Waals surface area contributed by atoms with Gasteiger partial charge < -0.3 is 20.1 Å². The van der Waals surface area contributed by atoms with Crippen LogP contribution in [0, 0.1) is 0 Å². The zero-order chi connectivity index (χ0) is 13.5. The van der Waals surface area contributed by atoms with E-state index in [0.717, 1.165) is 13.0 Å². The molecule has 0 bridgehead atoms. The minimum absolute atomic E-state index is 0.352. The SMILES string of the molecule is CNC(C)(CCCN(C)C(C)COC)C(=O)O. The van der Waals surface area contributed by atoms with Gasteiger partial charge in [0.05, 0.1) is 6.61 Å². The van der Waals surface area contributed by atoms with Gasteiger partial charge in [-0.2, -0.15) is 0 Å². The molecule has 2 N–H and O–H groups in total. The van der Waals surface area contributed by atoms with E-state index in [4.69, 9.17) is 9.84 Å². The van der Waals surface area contributed by atoms with Gasteiger partial charge in [0.2, 0.25) is 0 Å². The van der Waals surface area contributed by atoms with Crippen molar-refractivity contribution in [1.82, 2.24) is 10.2 Å². The van der Waals surface area contributed by atoms with E-state index in [1.165, 1.54) is 0 Å². The van der Waals surface area contributed by atoms with Crippen molar-refractivity contribution in [2.24, 2.45) is 0 Å². The topological polar surface area (TPSA) is 61.8 Å². The van der Waals surface area contributed by atoms with E-state index in [0.29, 0.717) is 19.1 Å². The number of nitrogens with zero attached hydrogens (tertiary/aromatic N) is 1. The van der Waals surface area contributed by atoms with Gasteiger partial charge >= 0.3 is 5.97 Å². The Balaban J connectivity index is 4.01. The standard InChI is InChI=1S/C12H26N2O3/c1-10(9-17-5)14(4)8-6-7-12(2,13-3)11(15)16/h10,13H,6-9H2,1-5H3,(H,15,16). The number of hydrogen-bond acceptors (Lipinski definition) is 4. The number of hydrogen-bond donors (Lipinski definition) is 2. The smallest absolute Gasteiger partial charge is 0.323 e. The van der Waals surface area contributed by atoms with E-state index in [-0.39, 0.29) is 0 Å². The molecule has 0 amide bonds. The third kappa shape index (κ3) is 5.48. The van der Waals surface area contributed by atoms with Crippen molar-refractivity contribution in [2.45, 2.75) is 38.3 Å². The molecular weight excluding hydrogens is 220 g/mol. The maximum absolute atomic E-state index is 11.1. The van der Waals surface area contributed by atoms with Crippen LogP contribution in [0.4, 0.5) is 0 Å². The molecule has 5 heteroatoms. The minimum Gasteiger partial charge on any atom is -0.480 e. The summed E-state index contributed by atoms with van der Waals surface area (Å²) < 4.78 is 5.08. The lowest BCUT2D eigenvalue weighted by molar-refractivity contribution is -0.144. The van der Waals surface area contributed by atoms with Gasteiger partial charge in [-0.1, -0.05) is 0 Å². The van der Waals surface area contributed by atoms with Gasteiger partial charge in [0.1, 0.15) is 5.54 Å². The molecule has 0 aliphatic carbocycles. The van der Waals surface area contributed by atoms with E-state index < -0.39 is 11.5 Å². The molecule has 2 atom stereocenters. The Kier molecular flexibility index (Phi) is 7.34. The fraction of sp³-hybridized carbons (Fsp3) is 0.917. The van der Waals surface area contributed by atoms with E-state index in [9.17, 15) is 4.79 Å². The fourth-order valence-corrected chi connectivity index (χ4v) is 1.61. The lowest BCUT2D eigenvalue weighted by Crippen LogP contribution is -2.48. The highest BCUT2D eigenvalue weighted by Crippen LogP contribution is 2.13. The molecule has 0 aliphatic heterocycles. The van der Waals surface area contributed by atoms with Crippen molar-refractivity contribution < 1.29 is 14.6 Å². The summed E-state index contributed by atoms with van der Waals surface area (Å²) in [6.45, 7) is 5.37. The third-order valence-electron chi connectivity index (χ3n) is 3.37. The van der Waals surface area contributed by atoms with Gasteiger partial charge in [-0.15, -0.1) is 0 Å². The van der Waals surface area contributed by atoms with Crippen LogP contribution in [-0.2, 0) is 9.53 Å². The van der Waals surface area contributed by atoms with E-state index in [1.54, 1.807) is 21.1 Å². The molecule has 0 saturated heterocycles. The van der Waals surface area contributed by atoms with Crippen molar-refractivity contribution in [3.05, 3.63) is 0 Å². The molecule has 2 unspecified atom stereocenters. The average Bonchev–Trinajstić information content (AvgIpc) is 2.28. The first-order valence-corrected chi connectivity index (χ1v) is 5.99. The number of rotatable bonds is 9. The predicted molar refractivity (Wildman–Crippen MR) is 68.3 cm³/mol. The molecule has 0 aliphatic rings. The molecule has 0 heterocycles. The lowest BCUT2D eigenvalue weighted by Gasteiger charge is -2.27. The van der Waals surface area contributed by atoms with Crippen LogP contribution in [0.5, 0.6) is 0 Å². The molecule has 0 radical (unpaired) electrons. The van der Waals surface area contributed by atoms with Gasteiger partial charge in [-0.3, -0.25) is 4.79 Å². The molecule has 0 rings (SSSR count). The molecule has 102 valence electrons. The van der Waals surface area contributed by atoms with E-state index in [1.807, 2.05) is 7.05 Å². The molecular formula is C12H26N2O3. The summed E-state index contributed by atoms with van der Waals surface area (Å²) in [5.41, 5.74) is -0.828. The number of carboxylic acid groups (broad SMARTS) is 1. The lowest BCUT2D eigenvalue weighted by atomic mass is 9.96. The average molecular weight is 246 g/mol. The number of carbonyl (C=O) groups is 1. The second kappa shape index (κ2) is 7.63. The van der Waals surface area contributed by atoms with Crippen molar-refractivity contribution >= 4 is 5.97 Å². The van der Waals surface area contributed by atoms with E-state index in [2.05, 4.69) is 17.1 Å². The molecule has 0 spiro atoms. The van der Waals surface area contributed by atoms with Crippen LogP contribution in [0.25, 0.3) is 0 Å². The van der Waals surface area contributed by atoms with Crippen LogP contribution in [-0.4, -0.2) is 61.9 Å². The maximum atomic E-state index is 11.1. The van der Waals surface area contributed by atoms with Crippen LogP contribution in [0.2, 0.25) is 0 Å². The highest BCUT2D eigenvalue weighted by atomic mass is 16.5. The first-order valence-electron chi connectivity index (χ1n) is 5.99. The van der Waals surface area contributed by atoms with Crippen LogP contribution < -0.4 is 5.32 Å². The zero-order valence-electron chi connectivity index (χ0n) is 11.6. The summed E-state index contributed by atoms with van der Waals surface area (Å²) in [5.74, 6) is -0.799. The summed E-state index contributed by atoms with van der Waals surface area (Å²) in [5, 5.41) is 12.0. The second-order valence-electron chi connectivity index (χ2n) is 4.78. The molecule has 0 aromatic carbocycles. The van der Waals surface area contributed by atoms with Crippen LogP contribution in [0.3, 0.4) is 0 Å². The number of methoxy groups -OCH3 is 1. The van der Waals surface area contributed by atoms with Crippen molar-refractivity contribution in [2.75, 3.05) is 34.4 Å². The number of carboxylic acids is 1. The molecule has 0 aromatic heterocycles. The van der Waals surface area contributed by atoms with Crippen molar-refractivity contribution in [3.8, 4) is 0 Å². The molecule has 5 nitrogen and oxygen atoms in total. The normalized spacial score (nSPS) is 16.8. The number of ether oxygens (including phenoxy) is 1. The number of aliphatic carboxylic acids is 1. The van der Waals surface area contributed by atoms with Gasteiger partial charge in [0, 0.05) is 13.2 Å². The third-order valence-corrected chi connectivity index (χ3v) is 3.37. The Morgan fingerprint density at radius 1 is 1.59 bits per heavy atom. The van der Waals surface area contributed by atoms with Crippen LogP contribution in [0.15, 0.2) is 0 Å². The second-order valence-corrected chi connectivity index (χ2v) is 4.78. The predicted octanol–water partition coefficient (Wildman–Crippen LogP) is 0.796.